The zero-order valence-electron chi connectivity index (χ0n) is 13.1. The van der Waals surface area contributed by atoms with Crippen molar-refractivity contribution in [1.29, 1.82) is 0 Å². The number of nitrogens with zero attached hydrogens (tertiary/aromatic N) is 2. The number of carbonyl (C=O) groups excluding carboxylic acids is 2. The number of hydrogen-bond acceptors (Lipinski definition) is 3. The maximum Gasteiger partial charge on any atom is 0.323 e. The lowest BCUT2D eigenvalue weighted by Gasteiger charge is -2.12. The fourth-order valence-electron chi connectivity index (χ4n) is 2.28. The molecule has 0 radical (unpaired) electrons. The number of para-hydroxylation sites is 2. The van der Waals surface area contributed by atoms with Gasteiger partial charge < -0.3 is 15.2 Å². The van der Waals surface area contributed by atoms with E-state index in [1.54, 1.807) is 43.0 Å². The Morgan fingerprint density at radius 1 is 1.00 bits per heavy atom. The molecule has 0 fully saturated rings. The van der Waals surface area contributed by atoms with Crippen LogP contribution in [-0.2, 0) is 0 Å². The highest BCUT2D eigenvalue weighted by Crippen LogP contribution is 2.20. The number of aromatic nitrogens is 2. The zero-order chi connectivity index (χ0) is 16.9. The average molecular weight is 320 g/mol. The molecule has 0 atom stereocenters. The van der Waals surface area contributed by atoms with E-state index in [1.165, 1.54) is 6.92 Å². The molecular weight excluding hydrogens is 304 g/mol. The number of nitrogens with one attached hydrogen (secondary N) is 2. The molecule has 0 unspecified atom stereocenters. The van der Waals surface area contributed by atoms with Crippen molar-refractivity contribution in [3.05, 3.63) is 72.8 Å². The number of anilines is 2. The minimum absolute atomic E-state index is 0.0136. The van der Waals surface area contributed by atoms with Gasteiger partial charge in [-0.1, -0.05) is 12.1 Å². The Kier molecular flexibility index (Phi) is 4.38. The van der Waals surface area contributed by atoms with Crippen molar-refractivity contribution in [2.45, 2.75) is 6.92 Å². The van der Waals surface area contributed by atoms with Gasteiger partial charge in [0.15, 0.2) is 5.78 Å². The van der Waals surface area contributed by atoms with Crippen molar-refractivity contribution in [2.24, 2.45) is 0 Å². The fraction of sp³-hybridized carbons (Fsp3) is 0.0556. The molecule has 0 aliphatic rings. The van der Waals surface area contributed by atoms with Crippen molar-refractivity contribution in [3.8, 4) is 5.69 Å². The summed E-state index contributed by atoms with van der Waals surface area (Å²) >= 11 is 0. The maximum atomic E-state index is 12.2. The van der Waals surface area contributed by atoms with Gasteiger partial charge in [-0.25, -0.2) is 9.78 Å². The number of Topliss-reactive ketones (excluding diaryl/α,β-unsaturated/α-hetero) is 1. The third-order valence-electron chi connectivity index (χ3n) is 3.48. The lowest BCUT2D eigenvalue weighted by atomic mass is 10.1. The van der Waals surface area contributed by atoms with Crippen molar-refractivity contribution >= 4 is 23.2 Å². The monoisotopic (exact) mass is 320 g/mol. The number of carbonyl (C=O) groups is 2. The third kappa shape index (κ3) is 3.49. The second-order valence-corrected chi connectivity index (χ2v) is 5.20. The molecule has 0 saturated heterocycles. The molecule has 0 aliphatic heterocycles. The van der Waals surface area contributed by atoms with Gasteiger partial charge in [0.1, 0.15) is 0 Å². The summed E-state index contributed by atoms with van der Waals surface area (Å²) in [6.45, 7) is 1.50. The van der Waals surface area contributed by atoms with Crippen LogP contribution in [0.2, 0.25) is 0 Å². The van der Waals surface area contributed by atoms with Crippen molar-refractivity contribution in [3.63, 3.8) is 0 Å². The highest BCUT2D eigenvalue weighted by Gasteiger charge is 2.08. The van der Waals surface area contributed by atoms with Crippen LogP contribution in [0.4, 0.5) is 16.2 Å². The number of imidazole rings is 1. The van der Waals surface area contributed by atoms with E-state index in [2.05, 4.69) is 15.6 Å². The van der Waals surface area contributed by atoms with E-state index in [0.717, 1.165) is 5.69 Å². The first kappa shape index (κ1) is 15.5. The summed E-state index contributed by atoms with van der Waals surface area (Å²) in [5.41, 5.74) is 2.69. The lowest BCUT2D eigenvalue weighted by molar-refractivity contribution is 0.101. The standard InChI is InChI=1S/C18H16N4O2/c1-13(23)14-6-8-15(9-7-14)20-18(24)21-16-4-2-3-5-17(16)22-11-10-19-12-22/h2-12H,1H3,(H2,20,21,24). The lowest BCUT2D eigenvalue weighted by Crippen LogP contribution is -2.20. The molecule has 6 nitrogen and oxygen atoms in total. The van der Waals surface area contributed by atoms with Gasteiger partial charge in [-0.05, 0) is 43.3 Å². The van der Waals surface area contributed by atoms with Gasteiger partial charge in [-0.3, -0.25) is 4.79 Å². The van der Waals surface area contributed by atoms with E-state index >= 15 is 0 Å². The molecule has 1 aromatic heterocycles. The van der Waals surface area contributed by atoms with Gasteiger partial charge in [0, 0.05) is 23.6 Å². The fourth-order valence-corrected chi connectivity index (χ4v) is 2.28. The van der Waals surface area contributed by atoms with Crippen molar-refractivity contribution in [1.82, 2.24) is 9.55 Å². The molecule has 0 saturated carbocycles. The number of amides is 2. The van der Waals surface area contributed by atoms with Crippen LogP contribution in [0, 0.1) is 0 Å². The largest absolute Gasteiger partial charge is 0.323 e. The van der Waals surface area contributed by atoms with Gasteiger partial charge in [-0.2, -0.15) is 0 Å². The molecule has 0 aliphatic carbocycles. The molecule has 24 heavy (non-hydrogen) atoms. The second kappa shape index (κ2) is 6.78. The van der Waals surface area contributed by atoms with Gasteiger partial charge in [0.25, 0.3) is 0 Å². The molecule has 3 aromatic rings. The van der Waals surface area contributed by atoms with Crippen LogP contribution < -0.4 is 10.6 Å². The topological polar surface area (TPSA) is 76.0 Å². The Morgan fingerprint density at radius 3 is 2.42 bits per heavy atom. The van der Waals surface area contributed by atoms with Crippen molar-refractivity contribution in [2.75, 3.05) is 10.6 Å². The molecule has 3 rings (SSSR count). The number of urea groups is 1. The zero-order valence-corrected chi connectivity index (χ0v) is 13.1. The van der Waals surface area contributed by atoms with E-state index in [0.29, 0.717) is 16.9 Å². The highest BCUT2D eigenvalue weighted by molar-refractivity contribution is 6.01. The summed E-state index contributed by atoms with van der Waals surface area (Å²) in [6.07, 6.45) is 5.14. The summed E-state index contributed by atoms with van der Waals surface area (Å²) in [5.74, 6) is -0.0136. The molecule has 1 heterocycles. The van der Waals surface area contributed by atoms with E-state index in [1.807, 2.05) is 28.8 Å². The molecule has 2 aromatic carbocycles. The van der Waals surface area contributed by atoms with Crippen LogP contribution in [0.1, 0.15) is 17.3 Å². The first-order valence-corrected chi connectivity index (χ1v) is 7.40. The van der Waals surface area contributed by atoms with Crippen LogP contribution in [0.25, 0.3) is 5.69 Å². The number of ketones is 1. The van der Waals surface area contributed by atoms with Crippen LogP contribution in [0.5, 0.6) is 0 Å². The summed E-state index contributed by atoms with van der Waals surface area (Å²) in [7, 11) is 0. The number of rotatable bonds is 4. The van der Waals surface area contributed by atoms with E-state index in [4.69, 9.17) is 0 Å². The summed E-state index contributed by atoms with van der Waals surface area (Å²) in [6, 6.07) is 13.8. The first-order valence-electron chi connectivity index (χ1n) is 7.40. The predicted molar refractivity (Wildman–Crippen MR) is 92.7 cm³/mol. The van der Waals surface area contributed by atoms with Gasteiger partial charge >= 0.3 is 6.03 Å². The van der Waals surface area contributed by atoms with Crippen molar-refractivity contribution < 1.29 is 9.59 Å². The molecule has 0 bridgehead atoms. The van der Waals surface area contributed by atoms with E-state index in [9.17, 15) is 9.59 Å². The van der Waals surface area contributed by atoms with Gasteiger partial charge in [0.2, 0.25) is 0 Å². The molecule has 2 amide bonds. The Morgan fingerprint density at radius 2 is 1.75 bits per heavy atom. The van der Waals surface area contributed by atoms with Crippen LogP contribution in [0.15, 0.2) is 67.3 Å². The van der Waals surface area contributed by atoms with Gasteiger partial charge in [-0.15, -0.1) is 0 Å². The number of benzene rings is 2. The van der Waals surface area contributed by atoms with E-state index in [-0.39, 0.29) is 11.8 Å². The smallest absolute Gasteiger partial charge is 0.308 e. The minimum Gasteiger partial charge on any atom is -0.308 e. The molecule has 120 valence electrons. The summed E-state index contributed by atoms with van der Waals surface area (Å²) in [4.78, 5) is 27.5. The summed E-state index contributed by atoms with van der Waals surface area (Å²) < 4.78 is 1.82. The molecule has 6 heteroatoms. The Labute approximate surface area is 139 Å². The second-order valence-electron chi connectivity index (χ2n) is 5.20. The quantitative estimate of drug-likeness (QED) is 0.719. The maximum absolute atomic E-state index is 12.2. The molecular formula is C18H16N4O2. The molecule has 0 spiro atoms. The number of hydrogen-bond donors (Lipinski definition) is 2. The first-order chi connectivity index (χ1) is 11.6. The normalized spacial score (nSPS) is 10.2. The Hall–Kier alpha value is -3.41. The Bertz CT molecular complexity index is 855. The predicted octanol–water partition coefficient (Wildman–Crippen LogP) is 3.72. The molecule has 2 N–H and O–H groups in total. The van der Waals surface area contributed by atoms with Crippen LogP contribution >= 0.6 is 0 Å². The summed E-state index contributed by atoms with van der Waals surface area (Å²) in [5, 5.41) is 5.56. The Balaban J connectivity index is 1.73. The SMILES string of the molecule is CC(=O)c1ccc(NC(=O)Nc2ccccc2-n2ccnc2)cc1. The third-order valence-corrected chi connectivity index (χ3v) is 3.48. The van der Waals surface area contributed by atoms with E-state index < -0.39 is 0 Å². The minimum atomic E-state index is -0.363. The average Bonchev–Trinajstić information content (AvgIpc) is 3.10. The van der Waals surface area contributed by atoms with Gasteiger partial charge in [0.05, 0.1) is 17.7 Å². The van der Waals surface area contributed by atoms with Crippen LogP contribution in [-0.4, -0.2) is 21.4 Å². The van der Waals surface area contributed by atoms with Crippen LogP contribution in [0.3, 0.4) is 0 Å². The highest BCUT2D eigenvalue weighted by atomic mass is 16.2.